The summed E-state index contributed by atoms with van der Waals surface area (Å²) >= 11 is 0. The van der Waals surface area contributed by atoms with E-state index in [2.05, 4.69) is 21.5 Å². The fourth-order valence-corrected chi connectivity index (χ4v) is 2.31. The number of aromatic nitrogens is 4. The summed E-state index contributed by atoms with van der Waals surface area (Å²) in [4.78, 5) is 21.4. The van der Waals surface area contributed by atoms with Gasteiger partial charge in [0.05, 0.1) is 12.4 Å². The highest BCUT2D eigenvalue weighted by Crippen LogP contribution is 2.35. The SMILES string of the molecule is C=C(Cn1cnc2c(N)nc(N)nc21)[C@H](C)OCP(C)(=O)O. The van der Waals surface area contributed by atoms with Crippen molar-refractivity contribution in [3.63, 3.8) is 0 Å². The summed E-state index contributed by atoms with van der Waals surface area (Å²) in [6.45, 7) is 7.30. The van der Waals surface area contributed by atoms with E-state index < -0.39 is 13.5 Å². The molecule has 0 spiro atoms. The van der Waals surface area contributed by atoms with Crippen LogP contribution in [0, 0.1) is 0 Å². The maximum atomic E-state index is 11.2. The van der Waals surface area contributed by atoms with Crippen LogP contribution in [0.1, 0.15) is 6.92 Å². The van der Waals surface area contributed by atoms with Gasteiger partial charge in [-0.15, -0.1) is 0 Å². The average molecular weight is 326 g/mol. The first-order valence-corrected chi connectivity index (χ1v) is 8.79. The highest BCUT2D eigenvalue weighted by molar-refractivity contribution is 7.56. The zero-order valence-electron chi connectivity index (χ0n) is 12.4. The second-order valence-electron chi connectivity index (χ2n) is 5.16. The summed E-state index contributed by atoms with van der Waals surface area (Å²) in [5.74, 6) is 0.275. The highest BCUT2D eigenvalue weighted by atomic mass is 31.2. The molecule has 2 rings (SSSR count). The normalized spacial score (nSPS) is 15.6. The Balaban J connectivity index is 2.13. The molecule has 1 unspecified atom stereocenters. The van der Waals surface area contributed by atoms with E-state index in [4.69, 9.17) is 16.2 Å². The number of ether oxygens (including phenoxy) is 1. The quantitative estimate of drug-likeness (QED) is 0.523. The molecule has 5 N–H and O–H groups in total. The lowest BCUT2D eigenvalue weighted by atomic mass is 10.2. The fraction of sp³-hybridized carbons (Fsp3) is 0.417. The van der Waals surface area contributed by atoms with Crippen LogP contribution in [0.3, 0.4) is 0 Å². The van der Waals surface area contributed by atoms with Crippen LogP contribution in [-0.4, -0.2) is 43.5 Å². The van der Waals surface area contributed by atoms with E-state index in [9.17, 15) is 9.46 Å². The van der Waals surface area contributed by atoms with Crippen molar-refractivity contribution < 1.29 is 14.2 Å². The van der Waals surface area contributed by atoms with Gasteiger partial charge in [-0.2, -0.15) is 9.97 Å². The van der Waals surface area contributed by atoms with Gasteiger partial charge in [0, 0.05) is 13.2 Å². The molecule has 0 amide bonds. The number of nitrogens with two attached hydrogens (primary N) is 2. The van der Waals surface area contributed by atoms with Gasteiger partial charge in [-0.05, 0) is 12.5 Å². The molecule has 0 aliphatic heterocycles. The van der Waals surface area contributed by atoms with Gasteiger partial charge in [-0.1, -0.05) is 6.58 Å². The van der Waals surface area contributed by atoms with Gasteiger partial charge in [-0.3, -0.25) is 4.57 Å². The molecule has 9 nitrogen and oxygen atoms in total. The molecule has 2 aromatic rings. The minimum absolute atomic E-state index is 0.0638. The molecule has 0 fully saturated rings. The lowest BCUT2D eigenvalue weighted by Gasteiger charge is -2.17. The number of rotatable bonds is 6. The van der Waals surface area contributed by atoms with Crippen LogP contribution in [0.4, 0.5) is 11.8 Å². The Morgan fingerprint density at radius 1 is 1.55 bits per heavy atom. The van der Waals surface area contributed by atoms with Crippen LogP contribution in [-0.2, 0) is 15.8 Å². The van der Waals surface area contributed by atoms with Crippen LogP contribution in [0.5, 0.6) is 0 Å². The summed E-state index contributed by atoms with van der Waals surface area (Å²) in [5, 5.41) is 0. The summed E-state index contributed by atoms with van der Waals surface area (Å²) in [6.07, 6.45) is 0.943. The van der Waals surface area contributed by atoms with Crippen molar-refractivity contribution in [3.8, 4) is 0 Å². The van der Waals surface area contributed by atoms with E-state index in [-0.39, 0.29) is 18.1 Å². The Labute approximate surface area is 127 Å². The molecular weight excluding hydrogens is 307 g/mol. The first kappa shape index (κ1) is 16.4. The van der Waals surface area contributed by atoms with E-state index in [1.54, 1.807) is 17.8 Å². The van der Waals surface area contributed by atoms with Crippen LogP contribution in [0.2, 0.25) is 0 Å². The smallest absolute Gasteiger partial charge is 0.224 e. The zero-order valence-corrected chi connectivity index (χ0v) is 13.3. The molecule has 0 aliphatic carbocycles. The number of hydrogen-bond donors (Lipinski definition) is 3. The molecular formula is C12H19N6O3P. The lowest BCUT2D eigenvalue weighted by molar-refractivity contribution is 0.119. The van der Waals surface area contributed by atoms with E-state index in [0.717, 1.165) is 0 Å². The van der Waals surface area contributed by atoms with E-state index in [0.29, 0.717) is 23.3 Å². The number of nitrogen functional groups attached to an aromatic ring is 2. The molecule has 22 heavy (non-hydrogen) atoms. The zero-order chi connectivity index (χ0) is 16.5. The Morgan fingerprint density at radius 3 is 2.86 bits per heavy atom. The maximum absolute atomic E-state index is 11.2. The Kier molecular flexibility index (Phi) is 4.50. The minimum atomic E-state index is -3.22. The molecule has 0 bridgehead atoms. The minimum Gasteiger partial charge on any atom is -0.382 e. The van der Waals surface area contributed by atoms with Crippen molar-refractivity contribution in [2.24, 2.45) is 0 Å². The summed E-state index contributed by atoms with van der Waals surface area (Å²) < 4.78 is 18.3. The Bertz CT molecular complexity index is 753. The molecule has 120 valence electrons. The van der Waals surface area contributed by atoms with Crippen molar-refractivity contribution in [1.82, 2.24) is 19.5 Å². The number of fused-ring (bicyclic) bond motifs is 1. The van der Waals surface area contributed by atoms with Gasteiger partial charge < -0.3 is 25.7 Å². The topological polar surface area (TPSA) is 142 Å². The predicted octanol–water partition coefficient (Wildman–Crippen LogP) is 0.810. The lowest BCUT2D eigenvalue weighted by Crippen LogP contribution is -2.16. The number of nitrogens with zero attached hydrogens (tertiary/aromatic N) is 4. The van der Waals surface area contributed by atoms with Gasteiger partial charge in [0.25, 0.3) is 0 Å². The van der Waals surface area contributed by atoms with Crippen molar-refractivity contribution in [1.29, 1.82) is 0 Å². The van der Waals surface area contributed by atoms with Crippen molar-refractivity contribution in [2.45, 2.75) is 19.6 Å². The van der Waals surface area contributed by atoms with Gasteiger partial charge in [0.2, 0.25) is 13.3 Å². The second kappa shape index (κ2) is 6.04. The standard InChI is InChI=1S/C12H19N6O3P/c1-7(8(2)21-6-22(3,19)20)4-18-5-15-9-10(13)16-12(14)17-11(9)18/h5,8H,1,4,6H2,2-3H3,(H,19,20)(H4,13,14,16,17)/t8-/m0/s1. The van der Waals surface area contributed by atoms with Crippen LogP contribution in [0.25, 0.3) is 11.2 Å². The van der Waals surface area contributed by atoms with Crippen molar-refractivity contribution in [3.05, 3.63) is 18.5 Å². The summed E-state index contributed by atoms with van der Waals surface area (Å²) in [6, 6.07) is 0. The first-order chi connectivity index (χ1) is 10.2. The van der Waals surface area contributed by atoms with Gasteiger partial charge in [-0.25, -0.2) is 4.98 Å². The number of anilines is 2. The molecule has 0 aromatic carbocycles. The van der Waals surface area contributed by atoms with Gasteiger partial charge in [0.15, 0.2) is 11.5 Å². The van der Waals surface area contributed by atoms with Crippen molar-refractivity contribution in [2.75, 3.05) is 24.5 Å². The molecule has 10 heteroatoms. The molecule has 0 saturated heterocycles. The molecule has 0 radical (unpaired) electrons. The van der Waals surface area contributed by atoms with E-state index in [1.165, 1.54) is 6.66 Å². The Hall–Kier alpha value is -1.96. The van der Waals surface area contributed by atoms with Crippen LogP contribution >= 0.6 is 7.37 Å². The molecule has 2 atom stereocenters. The summed E-state index contributed by atoms with van der Waals surface area (Å²) in [5.41, 5.74) is 13.0. The van der Waals surface area contributed by atoms with Gasteiger partial charge >= 0.3 is 0 Å². The fourth-order valence-electron chi connectivity index (χ4n) is 1.81. The third kappa shape index (κ3) is 3.82. The number of hydrogen-bond acceptors (Lipinski definition) is 7. The third-order valence-electron chi connectivity index (χ3n) is 3.02. The third-order valence-corrected chi connectivity index (χ3v) is 3.65. The Morgan fingerprint density at radius 2 is 2.23 bits per heavy atom. The first-order valence-electron chi connectivity index (χ1n) is 6.50. The molecule has 0 saturated carbocycles. The highest BCUT2D eigenvalue weighted by Gasteiger charge is 2.16. The molecule has 2 aromatic heterocycles. The van der Waals surface area contributed by atoms with E-state index in [1.807, 2.05) is 0 Å². The monoisotopic (exact) mass is 326 g/mol. The summed E-state index contributed by atoms with van der Waals surface area (Å²) in [7, 11) is -3.22. The average Bonchev–Trinajstić information content (AvgIpc) is 2.78. The van der Waals surface area contributed by atoms with Crippen LogP contribution < -0.4 is 11.5 Å². The van der Waals surface area contributed by atoms with Crippen molar-refractivity contribution >= 4 is 30.3 Å². The van der Waals surface area contributed by atoms with Gasteiger partial charge in [0.1, 0.15) is 11.9 Å². The predicted molar refractivity (Wildman–Crippen MR) is 84.5 cm³/mol. The van der Waals surface area contributed by atoms with E-state index >= 15 is 0 Å². The molecule has 0 aliphatic rings. The van der Waals surface area contributed by atoms with Crippen LogP contribution in [0.15, 0.2) is 18.5 Å². The number of imidazole rings is 1. The second-order valence-corrected chi connectivity index (χ2v) is 7.52. The molecule has 2 heterocycles. The maximum Gasteiger partial charge on any atom is 0.224 e. The largest absolute Gasteiger partial charge is 0.382 e.